The van der Waals surface area contributed by atoms with Gasteiger partial charge in [0, 0.05) is 28.8 Å². The number of hydrazone groups is 1. The Morgan fingerprint density at radius 2 is 1.64 bits per heavy atom. The molecule has 25 heavy (non-hydrogen) atoms. The molecule has 0 bridgehead atoms. The number of nitrogens with zero attached hydrogens (tertiary/aromatic N) is 1. The largest absolute Gasteiger partial charge is 0.350 e. The fraction of sp³-hybridized carbons (Fsp3) is 0.263. The number of urea groups is 1. The van der Waals surface area contributed by atoms with Crippen LogP contribution >= 0.6 is 0 Å². The van der Waals surface area contributed by atoms with Crippen LogP contribution in [0.2, 0.25) is 0 Å². The lowest BCUT2D eigenvalue weighted by atomic mass is 9.91. The van der Waals surface area contributed by atoms with Crippen LogP contribution in [0.15, 0.2) is 65.8 Å². The molecule has 1 aliphatic rings. The number of carbonyl (C=O) groups is 1. The molecule has 0 aromatic heterocycles. The third kappa shape index (κ3) is 3.79. The summed E-state index contributed by atoms with van der Waals surface area (Å²) in [6, 6.07) is 18.9. The average Bonchev–Trinajstić information content (AvgIpc) is 2.63. The fourth-order valence-corrected chi connectivity index (χ4v) is 5.37. The minimum atomic E-state index is -1.11. The number of benzene rings is 2. The highest BCUT2D eigenvalue weighted by molar-refractivity contribution is 7.85. The van der Waals surface area contributed by atoms with Crippen LogP contribution in [0.4, 0.5) is 4.79 Å². The van der Waals surface area contributed by atoms with Crippen molar-refractivity contribution in [3.63, 3.8) is 0 Å². The zero-order valence-corrected chi connectivity index (χ0v) is 14.8. The zero-order valence-electron chi connectivity index (χ0n) is 14.0. The highest BCUT2D eigenvalue weighted by Crippen LogP contribution is 2.43. The molecule has 0 spiro atoms. The van der Waals surface area contributed by atoms with Gasteiger partial charge in [0.15, 0.2) is 0 Å². The lowest BCUT2D eigenvalue weighted by Gasteiger charge is -2.35. The molecule has 1 heterocycles. The van der Waals surface area contributed by atoms with Crippen LogP contribution in [-0.2, 0) is 10.8 Å². The first-order chi connectivity index (χ1) is 12.1. The van der Waals surface area contributed by atoms with Gasteiger partial charge in [0.1, 0.15) is 0 Å². The lowest BCUT2D eigenvalue weighted by molar-refractivity contribution is 0.249. The highest BCUT2D eigenvalue weighted by Gasteiger charge is 2.40. The number of carbonyl (C=O) groups excluding carboxylic acids is 1. The number of rotatable bonds is 3. The van der Waals surface area contributed by atoms with E-state index in [1.54, 1.807) is 0 Å². The summed E-state index contributed by atoms with van der Waals surface area (Å²) in [7, 11) is -1.11. The van der Waals surface area contributed by atoms with Crippen LogP contribution in [0.1, 0.15) is 35.0 Å². The summed E-state index contributed by atoms with van der Waals surface area (Å²) < 4.78 is 13.4. The molecule has 0 radical (unpaired) electrons. The van der Waals surface area contributed by atoms with E-state index in [4.69, 9.17) is 5.73 Å². The van der Waals surface area contributed by atoms with Crippen molar-refractivity contribution < 1.29 is 9.00 Å². The summed E-state index contributed by atoms with van der Waals surface area (Å²) >= 11 is 0. The van der Waals surface area contributed by atoms with Gasteiger partial charge in [-0.1, -0.05) is 67.6 Å². The van der Waals surface area contributed by atoms with E-state index in [0.29, 0.717) is 6.42 Å². The van der Waals surface area contributed by atoms with Gasteiger partial charge in [0.2, 0.25) is 0 Å². The zero-order chi connectivity index (χ0) is 17.8. The van der Waals surface area contributed by atoms with Crippen molar-refractivity contribution in [3.8, 4) is 0 Å². The summed E-state index contributed by atoms with van der Waals surface area (Å²) in [6.45, 7) is 2.00. The van der Waals surface area contributed by atoms with Crippen LogP contribution < -0.4 is 11.2 Å². The van der Waals surface area contributed by atoms with Crippen LogP contribution in [0, 0.1) is 5.92 Å². The van der Waals surface area contributed by atoms with Crippen molar-refractivity contribution >= 4 is 22.5 Å². The van der Waals surface area contributed by atoms with Crippen LogP contribution in [0.5, 0.6) is 0 Å². The van der Waals surface area contributed by atoms with Gasteiger partial charge >= 0.3 is 6.03 Å². The maximum absolute atomic E-state index is 13.4. The van der Waals surface area contributed by atoms with Crippen molar-refractivity contribution in [2.75, 3.05) is 0 Å². The minimum Gasteiger partial charge on any atom is -0.350 e. The summed E-state index contributed by atoms with van der Waals surface area (Å²) in [5.41, 5.74) is 10.3. The quantitative estimate of drug-likeness (QED) is 0.828. The van der Waals surface area contributed by atoms with Gasteiger partial charge in [-0.2, -0.15) is 5.10 Å². The predicted octanol–water partition coefficient (Wildman–Crippen LogP) is 3.28. The third-order valence-corrected chi connectivity index (χ3v) is 6.69. The van der Waals surface area contributed by atoms with Crippen molar-refractivity contribution in [1.29, 1.82) is 0 Å². The monoisotopic (exact) mass is 355 g/mol. The second kappa shape index (κ2) is 7.61. The summed E-state index contributed by atoms with van der Waals surface area (Å²) in [5, 5.41) is 3.85. The maximum Gasteiger partial charge on any atom is 0.332 e. The maximum atomic E-state index is 13.4. The molecule has 1 saturated heterocycles. The molecule has 2 aromatic rings. The van der Waals surface area contributed by atoms with Crippen molar-refractivity contribution in [2.24, 2.45) is 16.8 Å². The van der Waals surface area contributed by atoms with Gasteiger partial charge in [-0.05, 0) is 11.1 Å². The smallest absolute Gasteiger partial charge is 0.332 e. The molecule has 3 N–H and O–H groups in total. The first-order valence-corrected chi connectivity index (χ1v) is 9.46. The van der Waals surface area contributed by atoms with Gasteiger partial charge in [0.05, 0.1) is 10.5 Å². The first kappa shape index (κ1) is 17.4. The number of nitrogens with one attached hydrogen (secondary N) is 1. The van der Waals surface area contributed by atoms with Crippen LogP contribution in [0.3, 0.4) is 0 Å². The summed E-state index contributed by atoms with van der Waals surface area (Å²) in [6.07, 6.45) is 0.529. The highest BCUT2D eigenvalue weighted by atomic mass is 32.2. The Labute approximate surface area is 149 Å². The van der Waals surface area contributed by atoms with E-state index in [1.165, 1.54) is 0 Å². The molecule has 6 heteroatoms. The Morgan fingerprint density at radius 3 is 2.20 bits per heavy atom. The molecule has 4 unspecified atom stereocenters. The van der Waals surface area contributed by atoms with Gasteiger partial charge in [-0.15, -0.1) is 0 Å². The van der Waals surface area contributed by atoms with E-state index >= 15 is 0 Å². The molecular formula is C19H21N3O2S. The van der Waals surface area contributed by atoms with Gasteiger partial charge in [-0.3, -0.25) is 4.21 Å². The SMILES string of the molecule is CC1/C(=N/NC(N)=O)CC(c2ccccc2)S(=O)C1c1ccccc1. The van der Waals surface area contributed by atoms with Crippen LogP contribution in [-0.4, -0.2) is 16.0 Å². The predicted molar refractivity (Wildman–Crippen MR) is 100 cm³/mol. The molecule has 1 aliphatic heterocycles. The van der Waals surface area contributed by atoms with Crippen molar-refractivity contribution in [3.05, 3.63) is 71.8 Å². The van der Waals surface area contributed by atoms with Gasteiger partial charge in [-0.25, -0.2) is 10.2 Å². The Bertz CT molecular complexity index is 793. The molecule has 0 saturated carbocycles. The molecule has 1 fully saturated rings. The Kier molecular flexibility index (Phi) is 5.28. The fourth-order valence-electron chi connectivity index (χ4n) is 3.27. The molecule has 4 atom stereocenters. The van der Waals surface area contributed by atoms with Crippen molar-refractivity contribution in [1.82, 2.24) is 5.43 Å². The number of hydrogen-bond donors (Lipinski definition) is 2. The average molecular weight is 355 g/mol. The molecule has 2 aromatic carbocycles. The molecule has 2 amide bonds. The molecule has 5 nitrogen and oxygen atoms in total. The molecule has 130 valence electrons. The topological polar surface area (TPSA) is 84.5 Å². The number of hydrogen-bond acceptors (Lipinski definition) is 3. The summed E-state index contributed by atoms with van der Waals surface area (Å²) in [4.78, 5) is 11.1. The minimum absolute atomic E-state index is 0.0601. The van der Waals surface area contributed by atoms with E-state index in [1.807, 2.05) is 67.6 Å². The lowest BCUT2D eigenvalue weighted by Crippen LogP contribution is -2.36. The number of nitrogens with two attached hydrogens (primary N) is 1. The molecule has 3 rings (SSSR count). The van der Waals surface area contributed by atoms with Crippen LogP contribution in [0.25, 0.3) is 0 Å². The number of primary amides is 1. The van der Waals surface area contributed by atoms with E-state index in [0.717, 1.165) is 16.8 Å². The second-order valence-electron chi connectivity index (χ2n) is 6.13. The van der Waals surface area contributed by atoms with E-state index in [2.05, 4.69) is 10.5 Å². The number of amides is 2. The second-order valence-corrected chi connectivity index (χ2v) is 7.87. The van der Waals surface area contributed by atoms with Gasteiger partial charge in [0.25, 0.3) is 0 Å². The van der Waals surface area contributed by atoms with E-state index in [-0.39, 0.29) is 16.4 Å². The normalized spacial score (nSPS) is 27.8. The Morgan fingerprint density at radius 1 is 1.08 bits per heavy atom. The Hall–Kier alpha value is -2.47. The van der Waals surface area contributed by atoms with Crippen molar-refractivity contribution in [2.45, 2.75) is 23.8 Å². The van der Waals surface area contributed by atoms with Gasteiger partial charge < -0.3 is 5.73 Å². The Balaban J connectivity index is 2.02. The first-order valence-electron chi connectivity index (χ1n) is 8.19. The van der Waals surface area contributed by atoms with E-state index < -0.39 is 16.8 Å². The standard InChI is InChI=1S/C19H21N3O2S/c1-13-16(21-22-19(20)23)12-17(14-8-4-2-5-9-14)25(24)18(13)15-10-6-3-7-11-15/h2-11,13,17-18H,12H2,1H3,(H3,20,22,23)/b21-16+. The third-order valence-electron chi connectivity index (χ3n) is 4.51. The van der Waals surface area contributed by atoms with E-state index in [9.17, 15) is 9.00 Å². The summed E-state index contributed by atoms with van der Waals surface area (Å²) in [5.74, 6) is -0.0601. The molecule has 0 aliphatic carbocycles. The molecular weight excluding hydrogens is 334 g/mol.